The SMILES string of the molecule is CCCOc1cncc(NC(CC)(CCl)CCl)n1. The third-order valence-corrected chi connectivity index (χ3v) is 3.67. The Hall–Kier alpha value is -0.740. The van der Waals surface area contributed by atoms with Crippen molar-refractivity contribution in [1.82, 2.24) is 9.97 Å². The van der Waals surface area contributed by atoms with E-state index < -0.39 is 0 Å². The van der Waals surface area contributed by atoms with Crippen molar-refractivity contribution in [1.29, 1.82) is 0 Å². The standard InChI is InChI=1S/C12H19Cl2N3O/c1-3-5-18-11-7-15-6-10(16-11)17-12(4-2,8-13)9-14/h6-7H,3-5,8-9H2,1-2H3,(H,16,17). The molecule has 0 saturated carbocycles. The summed E-state index contributed by atoms with van der Waals surface area (Å²) in [5, 5.41) is 3.24. The first-order chi connectivity index (χ1) is 8.69. The molecule has 6 heteroatoms. The van der Waals surface area contributed by atoms with Crippen LogP contribution in [0.3, 0.4) is 0 Å². The molecule has 1 N–H and O–H groups in total. The average Bonchev–Trinajstić information content (AvgIpc) is 2.43. The summed E-state index contributed by atoms with van der Waals surface area (Å²) in [5.74, 6) is 1.96. The molecule has 102 valence electrons. The van der Waals surface area contributed by atoms with E-state index in [1.807, 2.05) is 13.8 Å². The number of hydrogen-bond acceptors (Lipinski definition) is 4. The fraction of sp³-hybridized carbons (Fsp3) is 0.667. The lowest BCUT2D eigenvalue weighted by molar-refractivity contribution is 0.304. The Balaban J connectivity index is 2.77. The fourth-order valence-electron chi connectivity index (χ4n) is 1.34. The number of ether oxygens (including phenoxy) is 1. The van der Waals surface area contributed by atoms with Crippen molar-refractivity contribution >= 4 is 29.0 Å². The van der Waals surface area contributed by atoms with E-state index in [1.54, 1.807) is 12.4 Å². The van der Waals surface area contributed by atoms with Crippen LogP contribution in [0.4, 0.5) is 5.82 Å². The van der Waals surface area contributed by atoms with Gasteiger partial charge in [0.25, 0.3) is 0 Å². The average molecular weight is 292 g/mol. The van der Waals surface area contributed by atoms with Gasteiger partial charge in [0, 0.05) is 11.8 Å². The second kappa shape index (κ2) is 7.64. The highest BCUT2D eigenvalue weighted by atomic mass is 35.5. The van der Waals surface area contributed by atoms with Crippen LogP contribution < -0.4 is 10.1 Å². The quantitative estimate of drug-likeness (QED) is 0.747. The van der Waals surface area contributed by atoms with Gasteiger partial charge in [-0.15, -0.1) is 23.2 Å². The molecular formula is C12H19Cl2N3O. The van der Waals surface area contributed by atoms with E-state index in [9.17, 15) is 0 Å². The van der Waals surface area contributed by atoms with Crippen LogP contribution in [-0.4, -0.2) is 33.9 Å². The Bertz CT molecular complexity index is 351. The molecule has 18 heavy (non-hydrogen) atoms. The number of aromatic nitrogens is 2. The zero-order valence-corrected chi connectivity index (χ0v) is 12.3. The number of anilines is 1. The van der Waals surface area contributed by atoms with Crippen molar-refractivity contribution in [3.05, 3.63) is 12.4 Å². The van der Waals surface area contributed by atoms with E-state index in [4.69, 9.17) is 27.9 Å². The Labute approximate surface area is 118 Å². The molecule has 0 unspecified atom stereocenters. The van der Waals surface area contributed by atoms with Gasteiger partial charge in [-0.05, 0) is 12.8 Å². The van der Waals surface area contributed by atoms with Crippen molar-refractivity contribution < 1.29 is 4.74 Å². The highest BCUT2D eigenvalue weighted by Crippen LogP contribution is 2.21. The Morgan fingerprint density at radius 1 is 1.28 bits per heavy atom. The van der Waals surface area contributed by atoms with E-state index in [0.29, 0.717) is 30.1 Å². The molecule has 1 aromatic heterocycles. The molecule has 0 aromatic carbocycles. The highest BCUT2D eigenvalue weighted by Gasteiger charge is 2.26. The van der Waals surface area contributed by atoms with Gasteiger partial charge in [-0.25, -0.2) is 0 Å². The minimum absolute atomic E-state index is 0.360. The van der Waals surface area contributed by atoms with Gasteiger partial charge in [0.2, 0.25) is 5.88 Å². The molecule has 1 aromatic rings. The summed E-state index contributed by atoms with van der Waals surface area (Å²) in [6, 6.07) is 0. The van der Waals surface area contributed by atoms with Crippen LogP contribution in [0.15, 0.2) is 12.4 Å². The Morgan fingerprint density at radius 2 is 2.00 bits per heavy atom. The van der Waals surface area contributed by atoms with E-state index >= 15 is 0 Å². The molecule has 0 aliphatic carbocycles. The molecule has 0 saturated heterocycles. The van der Waals surface area contributed by atoms with Crippen LogP contribution in [0.25, 0.3) is 0 Å². The molecule has 0 radical (unpaired) electrons. The Kier molecular flexibility index (Phi) is 6.50. The summed E-state index contributed by atoms with van der Waals surface area (Å²) < 4.78 is 5.43. The van der Waals surface area contributed by atoms with Gasteiger partial charge in [-0.2, -0.15) is 4.98 Å². The molecule has 0 spiro atoms. The van der Waals surface area contributed by atoms with Crippen molar-refractivity contribution in [3.63, 3.8) is 0 Å². The maximum absolute atomic E-state index is 5.97. The van der Waals surface area contributed by atoms with Crippen LogP contribution in [0.1, 0.15) is 26.7 Å². The number of nitrogens with one attached hydrogen (secondary N) is 1. The molecule has 0 atom stereocenters. The summed E-state index contributed by atoms with van der Waals surface area (Å²) in [6.07, 6.45) is 4.97. The zero-order chi connectivity index (χ0) is 13.4. The molecule has 0 aliphatic heterocycles. The number of alkyl halides is 2. The lowest BCUT2D eigenvalue weighted by Crippen LogP contribution is -2.42. The normalized spacial score (nSPS) is 11.3. The second-order valence-electron chi connectivity index (χ2n) is 4.12. The molecule has 0 aliphatic rings. The summed E-state index contributed by atoms with van der Waals surface area (Å²) >= 11 is 11.9. The van der Waals surface area contributed by atoms with E-state index in [-0.39, 0.29) is 5.54 Å². The van der Waals surface area contributed by atoms with Crippen molar-refractivity contribution in [2.75, 3.05) is 23.7 Å². The van der Waals surface area contributed by atoms with Crippen LogP contribution in [-0.2, 0) is 0 Å². The van der Waals surface area contributed by atoms with Gasteiger partial charge in [-0.1, -0.05) is 13.8 Å². The maximum Gasteiger partial charge on any atom is 0.234 e. The molecule has 0 amide bonds. The van der Waals surface area contributed by atoms with Gasteiger partial charge in [0.05, 0.1) is 24.5 Å². The lowest BCUT2D eigenvalue weighted by atomic mass is 10.0. The summed E-state index contributed by atoms with van der Waals surface area (Å²) in [7, 11) is 0. The molecule has 1 rings (SSSR count). The molecule has 0 fully saturated rings. The van der Waals surface area contributed by atoms with Crippen LogP contribution >= 0.6 is 23.2 Å². The predicted octanol–water partition coefficient (Wildman–Crippen LogP) is 3.30. The third kappa shape index (κ3) is 4.18. The smallest absolute Gasteiger partial charge is 0.234 e. The lowest BCUT2D eigenvalue weighted by Gasteiger charge is -2.29. The zero-order valence-electron chi connectivity index (χ0n) is 10.7. The van der Waals surface area contributed by atoms with E-state index in [1.165, 1.54) is 0 Å². The van der Waals surface area contributed by atoms with Crippen LogP contribution in [0.2, 0.25) is 0 Å². The second-order valence-corrected chi connectivity index (χ2v) is 4.65. The number of hydrogen-bond donors (Lipinski definition) is 1. The van der Waals surface area contributed by atoms with Gasteiger partial charge >= 0.3 is 0 Å². The van der Waals surface area contributed by atoms with E-state index in [2.05, 4.69) is 15.3 Å². The number of halogens is 2. The Morgan fingerprint density at radius 3 is 2.56 bits per heavy atom. The van der Waals surface area contributed by atoms with Crippen LogP contribution in [0, 0.1) is 0 Å². The van der Waals surface area contributed by atoms with Gasteiger partial charge < -0.3 is 10.1 Å². The number of nitrogens with zero attached hydrogens (tertiary/aromatic N) is 2. The first kappa shape index (κ1) is 15.3. The molecule has 4 nitrogen and oxygen atoms in total. The molecule has 1 heterocycles. The molecular weight excluding hydrogens is 273 g/mol. The maximum atomic E-state index is 5.97. The van der Waals surface area contributed by atoms with Crippen molar-refractivity contribution in [2.24, 2.45) is 0 Å². The van der Waals surface area contributed by atoms with E-state index in [0.717, 1.165) is 12.8 Å². The van der Waals surface area contributed by atoms with Gasteiger partial charge in [0.15, 0.2) is 0 Å². The highest BCUT2D eigenvalue weighted by molar-refractivity contribution is 6.22. The fourth-order valence-corrected chi connectivity index (χ4v) is 2.13. The van der Waals surface area contributed by atoms with Crippen molar-refractivity contribution in [3.8, 4) is 5.88 Å². The summed E-state index contributed by atoms with van der Waals surface area (Å²) in [5.41, 5.74) is -0.360. The van der Waals surface area contributed by atoms with Crippen LogP contribution in [0.5, 0.6) is 5.88 Å². The first-order valence-electron chi connectivity index (χ1n) is 6.04. The predicted molar refractivity (Wildman–Crippen MR) is 75.9 cm³/mol. The van der Waals surface area contributed by atoms with Crippen molar-refractivity contribution in [2.45, 2.75) is 32.2 Å². The van der Waals surface area contributed by atoms with Gasteiger partial charge in [-0.3, -0.25) is 4.98 Å². The largest absolute Gasteiger partial charge is 0.477 e. The van der Waals surface area contributed by atoms with Gasteiger partial charge in [0.1, 0.15) is 5.82 Å². The number of rotatable bonds is 8. The topological polar surface area (TPSA) is 47.0 Å². The minimum atomic E-state index is -0.360. The molecule has 0 bridgehead atoms. The summed E-state index contributed by atoms with van der Waals surface area (Å²) in [4.78, 5) is 8.41. The third-order valence-electron chi connectivity index (χ3n) is 2.65. The minimum Gasteiger partial charge on any atom is -0.477 e. The summed E-state index contributed by atoms with van der Waals surface area (Å²) in [6.45, 7) is 4.70. The monoisotopic (exact) mass is 291 g/mol. The first-order valence-corrected chi connectivity index (χ1v) is 7.11.